The smallest absolute Gasteiger partial charge is 0.196 e. The number of nitriles is 1. The number of ketones is 1. The second-order valence-corrected chi connectivity index (χ2v) is 8.27. The lowest BCUT2D eigenvalue weighted by molar-refractivity contribution is -0.112. The molecule has 31 heavy (non-hydrogen) atoms. The lowest BCUT2D eigenvalue weighted by Gasteiger charge is -2.19. The van der Waals surface area contributed by atoms with Crippen molar-refractivity contribution in [3.63, 3.8) is 0 Å². The van der Waals surface area contributed by atoms with Crippen molar-refractivity contribution in [2.45, 2.75) is 19.0 Å². The van der Waals surface area contributed by atoms with Crippen LogP contribution < -0.4 is 9.80 Å². The lowest BCUT2D eigenvalue weighted by Crippen LogP contribution is -2.26. The van der Waals surface area contributed by atoms with Crippen LogP contribution in [0.5, 0.6) is 0 Å². The van der Waals surface area contributed by atoms with Crippen LogP contribution in [-0.2, 0) is 4.79 Å². The molecule has 1 aliphatic heterocycles. The molecule has 0 atom stereocenters. The number of aryl methyl sites for hydroxylation is 2. The molecule has 0 saturated carbocycles. The fourth-order valence-electron chi connectivity index (χ4n) is 3.69. The molecule has 2 aromatic carbocycles. The maximum absolute atomic E-state index is 13.1. The first-order valence-corrected chi connectivity index (χ1v) is 10.8. The Hall–Kier alpha value is -3.57. The molecule has 0 unspecified atom stereocenters. The molecule has 1 aromatic heterocycles. The summed E-state index contributed by atoms with van der Waals surface area (Å²) in [6, 6.07) is 18.0. The van der Waals surface area contributed by atoms with Crippen LogP contribution in [0.2, 0.25) is 0 Å². The standard InChI is InChI=1S/C23H22N6OS/c1-15-9-11-17(12-10-15)29-16(2)25-26-23(29)31-14-21(30)18(13-24)22-27(3)19-7-5-6-8-20(19)28(22)4/h5-12H,14H2,1-4H3. The Balaban J connectivity index is 1.59. The SMILES string of the molecule is Cc1ccc(-n2c(C)nnc2SCC(=O)C(C#N)=C2N(C)c3ccccc3N2C)cc1. The molecule has 3 aromatic rings. The molecule has 0 fully saturated rings. The summed E-state index contributed by atoms with van der Waals surface area (Å²) in [5.41, 5.74) is 4.15. The summed E-state index contributed by atoms with van der Waals surface area (Å²) in [4.78, 5) is 16.8. The average molecular weight is 431 g/mol. The third-order valence-electron chi connectivity index (χ3n) is 5.27. The molecule has 0 spiro atoms. The Labute approximate surface area is 185 Å². The molecule has 2 heterocycles. The Morgan fingerprint density at radius 3 is 2.19 bits per heavy atom. The van der Waals surface area contributed by atoms with Gasteiger partial charge in [0.05, 0.1) is 17.1 Å². The van der Waals surface area contributed by atoms with Crippen LogP contribution in [0.3, 0.4) is 0 Å². The van der Waals surface area contributed by atoms with Crippen molar-refractivity contribution < 1.29 is 4.79 Å². The third kappa shape index (κ3) is 3.68. The molecular formula is C23H22N6OS. The molecule has 0 saturated heterocycles. The zero-order valence-electron chi connectivity index (χ0n) is 17.8. The van der Waals surface area contributed by atoms with Gasteiger partial charge in [0.25, 0.3) is 0 Å². The summed E-state index contributed by atoms with van der Waals surface area (Å²) in [6.07, 6.45) is 0. The first-order valence-electron chi connectivity index (χ1n) is 9.78. The van der Waals surface area contributed by atoms with E-state index < -0.39 is 0 Å². The van der Waals surface area contributed by atoms with Crippen LogP contribution in [0.25, 0.3) is 5.69 Å². The van der Waals surface area contributed by atoms with Crippen LogP contribution in [0.4, 0.5) is 11.4 Å². The van der Waals surface area contributed by atoms with Crippen LogP contribution in [0.15, 0.2) is 65.1 Å². The number of allylic oxidation sites excluding steroid dienone is 1. The summed E-state index contributed by atoms with van der Waals surface area (Å²) in [6.45, 7) is 3.91. The summed E-state index contributed by atoms with van der Waals surface area (Å²) in [5.74, 6) is 1.17. The first kappa shape index (κ1) is 20.7. The highest BCUT2D eigenvalue weighted by molar-refractivity contribution is 7.99. The molecule has 1 aliphatic rings. The number of aromatic nitrogens is 3. The highest BCUT2D eigenvalue weighted by atomic mass is 32.2. The van der Waals surface area contributed by atoms with E-state index in [2.05, 4.69) is 16.3 Å². The van der Waals surface area contributed by atoms with Crippen LogP contribution in [0.1, 0.15) is 11.4 Å². The minimum Gasteiger partial charge on any atom is -0.328 e. The van der Waals surface area contributed by atoms with Gasteiger partial charge in [-0.2, -0.15) is 5.26 Å². The van der Waals surface area contributed by atoms with Crippen molar-refractivity contribution in [3.8, 4) is 11.8 Å². The Morgan fingerprint density at radius 2 is 1.61 bits per heavy atom. The van der Waals surface area contributed by atoms with Crippen molar-refractivity contribution in [1.82, 2.24) is 14.8 Å². The van der Waals surface area contributed by atoms with Crippen molar-refractivity contribution in [2.75, 3.05) is 29.6 Å². The molecule has 7 nitrogen and oxygen atoms in total. The zero-order chi connectivity index (χ0) is 22.1. The van der Waals surface area contributed by atoms with Crippen LogP contribution in [-0.4, -0.2) is 40.4 Å². The lowest BCUT2D eigenvalue weighted by atomic mass is 10.2. The van der Waals surface area contributed by atoms with E-state index in [-0.39, 0.29) is 17.1 Å². The predicted molar refractivity (Wildman–Crippen MR) is 122 cm³/mol. The van der Waals surface area contributed by atoms with Gasteiger partial charge >= 0.3 is 0 Å². The number of carbonyl (C=O) groups excluding carboxylic acids is 1. The Bertz CT molecular complexity index is 1190. The van der Waals surface area contributed by atoms with Crippen LogP contribution >= 0.6 is 11.8 Å². The fourth-order valence-corrected chi connectivity index (χ4v) is 4.56. The minimum absolute atomic E-state index is 0.0917. The Kier molecular flexibility index (Phi) is 5.53. The number of thioether (sulfide) groups is 1. The number of hydrogen-bond donors (Lipinski definition) is 0. The third-order valence-corrected chi connectivity index (χ3v) is 6.20. The number of fused-ring (bicyclic) bond motifs is 1. The molecule has 0 radical (unpaired) electrons. The number of rotatable bonds is 5. The van der Waals surface area contributed by atoms with Crippen molar-refractivity contribution in [2.24, 2.45) is 0 Å². The largest absolute Gasteiger partial charge is 0.328 e. The highest BCUT2D eigenvalue weighted by Gasteiger charge is 2.31. The first-order chi connectivity index (χ1) is 14.9. The van der Waals surface area contributed by atoms with Gasteiger partial charge in [-0.25, -0.2) is 0 Å². The van der Waals surface area contributed by atoms with Gasteiger partial charge in [0.15, 0.2) is 10.9 Å². The maximum atomic E-state index is 13.1. The molecule has 0 aliphatic carbocycles. The van der Waals surface area contributed by atoms with Gasteiger partial charge in [0.1, 0.15) is 23.3 Å². The van der Waals surface area contributed by atoms with Crippen molar-refractivity contribution in [1.29, 1.82) is 5.26 Å². The number of Topliss-reactive ketones (excluding diaryl/α,β-unsaturated/α-hetero) is 1. The van der Waals surface area contributed by atoms with E-state index in [9.17, 15) is 10.1 Å². The quantitative estimate of drug-likeness (QED) is 0.345. The van der Waals surface area contributed by atoms with Gasteiger partial charge in [-0.15, -0.1) is 10.2 Å². The van der Waals surface area contributed by atoms with Crippen molar-refractivity contribution in [3.05, 3.63) is 71.3 Å². The molecule has 156 valence electrons. The van der Waals surface area contributed by atoms with Crippen LogP contribution in [0, 0.1) is 25.2 Å². The molecule has 0 bridgehead atoms. The number of hydrogen-bond acceptors (Lipinski definition) is 7. The molecule has 0 amide bonds. The number of carbonyl (C=O) groups is 1. The minimum atomic E-state index is -0.245. The normalized spacial score (nSPS) is 12.7. The molecule has 4 rings (SSSR count). The second kappa shape index (κ2) is 8.28. The Morgan fingerprint density at radius 1 is 1.00 bits per heavy atom. The predicted octanol–water partition coefficient (Wildman–Crippen LogP) is 3.87. The summed E-state index contributed by atoms with van der Waals surface area (Å²) >= 11 is 1.28. The van der Waals surface area contributed by atoms with E-state index in [1.54, 1.807) is 0 Å². The number of nitrogens with zero attached hydrogens (tertiary/aromatic N) is 6. The van der Waals surface area contributed by atoms with Gasteiger partial charge in [0.2, 0.25) is 0 Å². The van der Waals surface area contributed by atoms with Gasteiger partial charge in [-0.1, -0.05) is 41.6 Å². The second-order valence-electron chi connectivity index (χ2n) is 7.33. The van der Waals surface area contributed by atoms with E-state index in [0.717, 1.165) is 28.5 Å². The molecular weight excluding hydrogens is 408 g/mol. The fraction of sp³-hybridized carbons (Fsp3) is 0.217. The summed E-state index contributed by atoms with van der Waals surface area (Å²) in [7, 11) is 3.74. The van der Waals surface area contributed by atoms with Gasteiger partial charge < -0.3 is 9.80 Å². The van der Waals surface area contributed by atoms with Gasteiger partial charge in [-0.3, -0.25) is 9.36 Å². The zero-order valence-corrected chi connectivity index (χ0v) is 18.6. The van der Waals surface area contributed by atoms with Gasteiger partial charge in [-0.05, 0) is 38.1 Å². The maximum Gasteiger partial charge on any atom is 0.196 e. The average Bonchev–Trinajstić information content (AvgIpc) is 3.26. The summed E-state index contributed by atoms with van der Waals surface area (Å²) < 4.78 is 1.92. The van der Waals surface area contributed by atoms with Crippen molar-refractivity contribution >= 4 is 28.9 Å². The van der Waals surface area contributed by atoms with E-state index >= 15 is 0 Å². The van der Waals surface area contributed by atoms with E-state index in [1.807, 2.05) is 90.8 Å². The topological polar surface area (TPSA) is 78.0 Å². The number of benzene rings is 2. The number of para-hydroxylation sites is 2. The van der Waals surface area contributed by atoms with E-state index in [4.69, 9.17) is 0 Å². The highest BCUT2D eigenvalue weighted by Crippen LogP contribution is 2.40. The van der Waals surface area contributed by atoms with E-state index in [0.29, 0.717) is 11.0 Å². The number of anilines is 2. The summed E-state index contributed by atoms with van der Waals surface area (Å²) in [5, 5.41) is 18.8. The molecule has 8 heteroatoms. The van der Waals surface area contributed by atoms with E-state index in [1.165, 1.54) is 11.8 Å². The van der Waals surface area contributed by atoms with Gasteiger partial charge in [0, 0.05) is 19.8 Å². The molecule has 0 N–H and O–H groups in total. The monoisotopic (exact) mass is 430 g/mol.